The molecule has 16 heavy (non-hydrogen) atoms. The maximum atomic E-state index is 12.8. The van der Waals surface area contributed by atoms with Crippen molar-refractivity contribution in [2.24, 2.45) is 0 Å². The SMILES string of the molecule is CNC(=O)CNCC(O)c1cccc(F)c1. The summed E-state index contributed by atoms with van der Waals surface area (Å²) in [4.78, 5) is 10.9. The number of benzene rings is 1. The van der Waals surface area contributed by atoms with Crippen LogP contribution in [0.15, 0.2) is 24.3 Å². The summed E-state index contributed by atoms with van der Waals surface area (Å²) in [6.07, 6.45) is -0.819. The lowest BCUT2D eigenvalue weighted by atomic mass is 10.1. The van der Waals surface area contributed by atoms with Crippen LogP contribution in [0.1, 0.15) is 11.7 Å². The zero-order chi connectivity index (χ0) is 12.0. The molecule has 88 valence electrons. The van der Waals surface area contributed by atoms with E-state index in [0.717, 1.165) is 0 Å². The molecule has 1 aromatic carbocycles. The van der Waals surface area contributed by atoms with Gasteiger partial charge in [0, 0.05) is 13.6 Å². The van der Waals surface area contributed by atoms with Crippen molar-refractivity contribution in [3.8, 4) is 0 Å². The molecule has 1 unspecified atom stereocenters. The largest absolute Gasteiger partial charge is 0.387 e. The molecule has 4 nitrogen and oxygen atoms in total. The van der Waals surface area contributed by atoms with Gasteiger partial charge in [0.15, 0.2) is 0 Å². The highest BCUT2D eigenvalue weighted by molar-refractivity contribution is 5.77. The van der Waals surface area contributed by atoms with E-state index in [4.69, 9.17) is 0 Å². The number of carbonyl (C=O) groups is 1. The van der Waals surface area contributed by atoms with Crippen molar-refractivity contribution in [2.45, 2.75) is 6.10 Å². The van der Waals surface area contributed by atoms with Gasteiger partial charge in [-0.25, -0.2) is 4.39 Å². The maximum absolute atomic E-state index is 12.8. The van der Waals surface area contributed by atoms with Crippen LogP contribution in [0.25, 0.3) is 0 Å². The first-order valence-corrected chi connectivity index (χ1v) is 4.98. The summed E-state index contributed by atoms with van der Waals surface area (Å²) < 4.78 is 12.8. The van der Waals surface area contributed by atoms with Crippen LogP contribution in [0.4, 0.5) is 4.39 Å². The number of aliphatic hydroxyl groups is 1. The first kappa shape index (κ1) is 12.6. The van der Waals surface area contributed by atoms with Gasteiger partial charge < -0.3 is 15.7 Å². The maximum Gasteiger partial charge on any atom is 0.233 e. The number of hydrogen-bond acceptors (Lipinski definition) is 3. The lowest BCUT2D eigenvalue weighted by molar-refractivity contribution is -0.119. The quantitative estimate of drug-likeness (QED) is 0.672. The van der Waals surface area contributed by atoms with Crippen LogP contribution in [0.5, 0.6) is 0 Å². The Labute approximate surface area is 93.5 Å². The molecule has 1 rings (SSSR count). The minimum absolute atomic E-state index is 0.128. The van der Waals surface area contributed by atoms with Crippen LogP contribution in [-0.2, 0) is 4.79 Å². The van der Waals surface area contributed by atoms with Gasteiger partial charge in [0.1, 0.15) is 5.82 Å². The summed E-state index contributed by atoms with van der Waals surface area (Å²) in [5.41, 5.74) is 0.490. The van der Waals surface area contributed by atoms with Gasteiger partial charge >= 0.3 is 0 Å². The highest BCUT2D eigenvalue weighted by atomic mass is 19.1. The molecule has 1 aromatic rings. The van der Waals surface area contributed by atoms with Crippen molar-refractivity contribution >= 4 is 5.91 Å². The fourth-order valence-corrected chi connectivity index (χ4v) is 1.24. The van der Waals surface area contributed by atoms with Gasteiger partial charge in [-0.2, -0.15) is 0 Å². The molecular formula is C11H15FN2O2. The Morgan fingerprint density at radius 1 is 1.56 bits per heavy atom. The van der Waals surface area contributed by atoms with Gasteiger partial charge in [0.2, 0.25) is 5.91 Å². The van der Waals surface area contributed by atoms with E-state index in [9.17, 15) is 14.3 Å². The van der Waals surface area contributed by atoms with E-state index in [1.54, 1.807) is 6.07 Å². The average molecular weight is 226 g/mol. The lowest BCUT2D eigenvalue weighted by Gasteiger charge is -2.11. The summed E-state index contributed by atoms with van der Waals surface area (Å²) >= 11 is 0. The van der Waals surface area contributed by atoms with Gasteiger partial charge in [-0.3, -0.25) is 4.79 Å². The summed E-state index contributed by atoms with van der Waals surface area (Å²) in [6, 6.07) is 5.75. The second-order valence-corrected chi connectivity index (χ2v) is 3.37. The Morgan fingerprint density at radius 3 is 2.94 bits per heavy atom. The second-order valence-electron chi connectivity index (χ2n) is 3.37. The first-order chi connectivity index (χ1) is 7.63. The standard InChI is InChI=1S/C11H15FN2O2/c1-13-11(16)7-14-6-10(15)8-3-2-4-9(12)5-8/h2-5,10,14-15H,6-7H2,1H3,(H,13,16). The van der Waals surface area contributed by atoms with E-state index in [2.05, 4.69) is 10.6 Å². The molecule has 0 aliphatic rings. The molecule has 3 N–H and O–H groups in total. The van der Waals surface area contributed by atoms with E-state index in [-0.39, 0.29) is 24.8 Å². The number of carbonyl (C=O) groups excluding carboxylic acids is 1. The van der Waals surface area contributed by atoms with Crippen molar-refractivity contribution in [1.82, 2.24) is 10.6 Å². The minimum Gasteiger partial charge on any atom is -0.387 e. The third-order valence-electron chi connectivity index (χ3n) is 2.14. The second kappa shape index (κ2) is 6.19. The molecule has 0 heterocycles. The van der Waals surface area contributed by atoms with Crippen LogP contribution in [0, 0.1) is 5.82 Å². The average Bonchev–Trinajstić information content (AvgIpc) is 2.28. The topological polar surface area (TPSA) is 61.4 Å². The van der Waals surface area contributed by atoms with Gasteiger partial charge in [-0.05, 0) is 17.7 Å². The lowest BCUT2D eigenvalue weighted by Crippen LogP contribution is -2.33. The summed E-state index contributed by atoms with van der Waals surface area (Å²) in [7, 11) is 1.53. The Hall–Kier alpha value is -1.46. The molecule has 0 fully saturated rings. The van der Waals surface area contributed by atoms with Crippen molar-refractivity contribution < 1.29 is 14.3 Å². The number of rotatable bonds is 5. The van der Waals surface area contributed by atoms with E-state index >= 15 is 0 Å². The van der Waals surface area contributed by atoms with Gasteiger partial charge in [0.25, 0.3) is 0 Å². The molecule has 0 saturated heterocycles. The fourth-order valence-electron chi connectivity index (χ4n) is 1.24. The van der Waals surface area contributed by atoms with Crippen molar-refractivity contribution in [3.63, 3.8) is 0 Å². The van der Waals surface area contributed by atoms with Gasteiger partial charge in [-0.1, -0.05) is 12.1 Å². The number of halogens is 1. The normalized spacial score (nSPS) is 12.2. The molecule has 1 atom stereocenters. The first-order valence-electron chi connectivity index (χ1n) is 4.98. The molecule has 0 aromatic heterocycles. The molecule has 0 aliphatic carbocycles. The Kier molecular flexibility index (Phi) is 4.88. The predicted molar refractivity (Wildman–Crippen MR) is 58.3 cm³/mol. The van der Waals surface area contributed by atoms with E-state index in [1.165, 1.54) is 25.2 Å². The Balaban J connectivity index is 2.40. The Bertz CT molecular complexity index is 358. The van der Waals surface area contributed by atoms with Gasteiger partial charge in [-0.15, -0.1) is 0 Å². The molecular weight excluding hydrogens is 211 g/mol. The number of likely N-dealkylation sites (N-methyl/N-ethyl adjacent to an activating group) is 1. The summed E-state index contributed by atoms with van der Waals surface area (Å²) in [5.74, 6) is -0.547. The van der Waals surface area contributed by atoms with E-state index in [1.807, 2.05) is 0 Å². The third kappa shape index (κ3) is 3.96. The van der Waals surface area contributed by atoms with Crippen LogP contribution in [0.2, 0.25) is 0 Å². The molecule has 1 amide bonds. The van der Waals surface area contributed by atoms with Crippen LogP contribution < -0.4 is 10.6 Å². The van der Waals surface area contributed by atoms with Crippen molar-refractivity contribution in [1.29, 1.82) is 0 Å². The predicted octanol–water partition coefficient (Wildman–Crippen LogP) is 0.195. The van der Waals surface area contributed by atoms with Gasteiger partial charge in [0.05, 0.1) is 12.6 Å². The third-order valence-corrected chi connectivity index (χ3v) is 2.14. The molecule has 0 aliphatic heterocycles. The highest BCUT2D eigenvalue weighted by Crippen LogP contribution is 2.12. The minimum atomic E-state index is -0.819. The molecule has 0 saturated carbocycles. The molecule has 0 radical (unpaired) electrons. The van der Waals surface area contributed by atoms with E-state index < -0.39 is 6.10 Å². The Morgan fingerprint density at radius 2 is 2.31 bits per heavy atom. The smallest absolute Gasteiger partial charge is 0.233 e. The zero-order valence-electron chi connectivity index (χ0n) is 9.03. The van der Waals surface area contributed by atoms with Crippen LogP contribution in [0.3, 0.4) is 0 Å². The number of nitrogens with one attached hydrogen (secondary N) is 2. The van der Waals surface area contributed by atoms with E-state index in [0.29, 0.717) is 5.56 Å². The zero-order valence-corrected chi connectivity index (χ0v) is 9.03. The monoisotopic (exact) mass is 226 g/mol. The molecule has 0 bridgehead atoms. The van der Waals surface area contributed by atoms with Crippen LogP contribution in [-0.4, -0.2) is 31.2 Å². The fraction of sp³-hybridized carbons (Fsp3) is 0.364. The number of aliphatic hydroxyl groups excluding tert-OH is 1. The highest BCUT2D eigenvalue weighted by Gasteiger charge is 2.08. The van der Waals surface area contributed by atoms with Crippen molar-refractivity contribution in [2.75, 3.05) is 20.1 Å². The summed E-state index contributed by atoms with van der Waals surface area (Å²) in [6.45, 7) is 0.333. The molecule has 5 heteroatoms. The van der Waals surface area contributed by atoms with Crippen molar-refractivity contribution in [3.05, 3.63) is 35.6 Å². The summed E-state index contributed by atoms with van der Waals surface area (Å²) in [5, 5.41) is 14.9. The number of hydrogen-bond donors (Lipinski definition) is 3. The molecule has 0 spiro atoms. The van der Waals surface area contributed by atoms with Crippen LogP contribution >= 0.6 is 0 Å². The number of amides is 1.